The topological polar surface area (TPSA) is 59.9 Å². The molecule has 0 amide bonds. The van der Waals surface area contributed by atoms with Crippen LogP contribution in [0.25, 0.3) is 11.1 Å². The van der Waals surface area contributed by atoms with Gasteiger partial charge < -0.3 is 0 Å². The summed E-state index contributed by atoms with van der Waals surface area (Å²) in [6, 6.07) is 7.31. The summed E-state index contributed by atoms with van der Waals surface area (Å²) in [6.07, 6.45) is 1.10. The normalized spacial score (nSPS) is 11.6. The molecule has 0 fully saturated rings. The first kappa shape index (κ1) is 15.7. The SMILES string of the molecule is CS(=O)(=O)Cc1nc(Cl)c(-c2ccc(Br)cc2)c(Cl)n1. The highest BCUT2D eigenvalue weighted by Gasteiger charge is 2.16. The number of benzene rings is 1. The molecule has 4 nitrogen and oxygen atoms in total. The van der Waals surface area contributed by atoms with E-state index < -0.39 is 9.84 Å². The van der Waals surface area contributed by atoms with Crippen LogP contribution < -0.4 is 0 Å². The van der Waals surface area contributed by atoms with Gasteiger partial charge >= 0.3 is 0 Å². The first-order chi connectivity index (χ1) is 9.26. The third-order valence-corrected chi connectivity index (χ3v) is 4.25. The Morgan fingerprint density at radius 1 is 1.10 bits per heavy atom. The van der Waals surface area contributed by atoms with Gasteiger partial charge in [0.15, 0.2) is 9.84 Å². The van der Waals surface area contributed by atoms with E-state index in [0.29, 0.717) is 5.56 Å². The van der Waals surface area contributed by atoms with E-state index in [2.05, 4.69) is 25.9 Å². The number of rotatable bonds is 3. The number of halogens is 3. The second-order valence-corrected chi connectivity index (χ2v) is 7.95. The number of nitrogens with zero attached hydrogens (tertiary/aromatic N) is 2. The van der Waals surface area contributed by atoms with Crippen molar-refractivity contribution < 1.29 is 8.42 Å². The smallest absolute Gasteiger partial charge is 0.154 e. The van der Waals surface area contributed by atoms with Gasteiger partial charge in [0.2, 0.25) is 0 Å². The highest BCUT2D eigenvalue weighted by Crippen LogP contribution is 2.33. The van der Waals surface area contributed by atoms with Gasteiger partial charge in [-0.3, -0.25) is 0 Å². The molecule has 2 aromatic rings. The number of hydrogen-bond acceptors (Lipinski definition) is 4. The zero-order valence-corrected chi connectivity index (χ0v) is 14.2. The number of aromatic nitrogens is 2. The largest absolute Gasteiger partial charge is 0.229 e. The van der Waals surface area contributed by atoms with Gasteiger partial charge in [0.05, 0.1) is 5.56 Å². The van der Waals surface area contributed by atoms with E-state index in [-0.39, 0.29) is 21.9 Å². The molecular formula is C12H9BrCl2N2O2S. The minimum absolute atomic E-state index is 0.0864. The van der Waals surface area contributed by atoms with Crippen LogP contribution in [0.1, 0.15) is 5.82 Å². The molecule has 0 bridgehead atoms. The van der Waals surface area contributed by atoms with Gasteiger partial charge in [0, 0.05) is 10.7 Å². The molecule has 106 valence electrons. The van der Waals surface area contributed by atoms with Crippen molar-refractivity contribution in [3.05, 3.63) is 44.9 Å². The molecule has 0 unspecified atom stereocenters. The lowest BCUT2D eigenvalue weighted by Crippen LogP contribution is -2.06. The highest BCUT2D eigenvalue weighted by atomic mass is 79.9. The second-order valence-electron chi connectivity index (χ2n) is 4.17. The standard InChI is InChI=1S/C12H9BrCl2N2O2S/c1-20(18,19)6-9-16-11(14)10(12(15)17-9)7-2-4-8(13)5-3-7/h2-5H,6H2,1H3. The van der Waals surface area contributed by atoms with E-state index >= 15 is 0 Å². The van der Waals surface area contributed by atoms with Gasteiger partial charge in [-0.25, -0.2) is 18.4 Å². The fourth-order valence-electron chi connectivity index (χ4n) is 1.60. The highest BCUT2D eigenvalue weighted by molar-refractivity contribution is 9.10. The minimum atomic E-state index is -3.24. The Labute approximate surface area is 135 Å². The van der Waals surface area contributed by atoms with Crippen LogP contribution in [0.15, 0.2) is 28.7 Å². The molecular weight excluding hydrogens is 387 g/mol. The van der Waals surface area contributed by atoms with Gasteiger partial charge in [-0.05, 0) is 17.7 Å². The molecule has 1 heterocycles. The van der Waals surface area contributed by atoms with Crippen molar-refractivity contribution in [1.29, 1.82) is 0 Å². The summed E-state index contributed by atoms with van der Waals surface area (Å²) in [5, 5.41) is 0.261. The Balaban J connectivity index is 2.49. The summed E-state index contributed by atoms with van der Waals surface area (Å²) in [5.74, 6) is -0.212. The van der Waals surface area contributed by atoms with E-state index in [0.717, 1.165) is 16.3 Å². The van der Waals surface area contributed by atoms with Crippen molar-refractivity contribution in [1.82, 2.24) is 9.97 Å². The summed E-state index contributed by atoms with van der Waals surface area (Å²) in [4.78, 5) is 7.99. The van der Waals surface area contributed by atoms with Crippen LogP contribution in [0.5, 0.6) is 0 Å². The molecule has 8 heteroatoms. The second kappa shape index (κ2) is 5.97. The molecule has 0 aliphatic heterocycles. The zero-order valence-electron chi connectivity index (χ0n) is 10.3. The molecule has 0 saturated heterocycles. The molecule has 20 heavy (non-hydrogen) atoms. The van der Waals surface area contributed by atoms with Gasteiger partial charge in [-0.2, -0.15) is 0 Å². The van der Waals surface area contributed by atoms with Gasteiger partial charge in [0.25, 0.3) is 0 Å². The Bertz CT molecular complexity index is 726. The third kappa shape index (κ3) is 3.91. The number of hydrogen-bond donors (Lipinski definition) is 0. The lowest BCUT2D eigenvalue weighted by molar-refractivity contribution is 0.599. The molecule has 1 aromatic carbocycles. The summed E-state index contributed by atoms with van der Waals surface area (Å²) in [7, 11) is -3.24. The fraction of sp³-hybridized carbons (Fsp3) is 0.167. The Kier molecular flexibility index (Phi) is 4.69. The van der Waals surface area contributed by atoms with Crippen LogP contribution >= 0.6 is 39.1 Å². The molecule has 0 aliphatic rings. The van der Waals surface area contributed by atoms with Crippen LogP contribution in [0.3, 0.4) is 0 Å². The van der Waals surface area contributed by atoms with Crippen LogP contribution in [-0.2, 0) is 15.6 Å². The molecule has 0 saturated carbocycles. The fourth-order valence-corrected chi connectivity index (χ4v) is 3.11. The molecule has 2 rings (SSSR count). The predicted octanol–water partition coefficient (Wildman–Crippen LogP) is 3.76. The predicted molar refractivity (Wildman–Crippen MR) is 83.7 cm³/mol. The van der Waals surface area contributed by atoms with Crippen LogP contribution in [0.2, 0.25) is 10.3 Å². The van der Waals surface area contributed by atoms with Crippen LogP contribution in [0.4, 0.5) is 0 Å². The van der Waals surface area contributed by atoms with Crippen molar-refractivity contribution in [2.75, 3.05) is 6.26 Å². The van der Waals surface area contributed by atoms with Gasteiger partial charge in [-0.15, -0.1) is 0 Å². The van der Waals surface area contributed by atoms with Crippen molar-refractivity contribution in [3.8, 4) is 11.1 Å². The van der Waals surface area contributed by atoms with Crippen molar-refractivity contribution in [2.45, 2.75) is 5.75 Å². The maximum absolute atomic E-state index is 11.2. The van der Waals surface area contributed by atoms with Crippen molar-refractivity contribution in [2.24, 2.45) is 0 Å². The Hall–Kier alpha value is -0.690. The average molecular weight is 396 g/mol. The van der Waals surface area contributed by atoms with E-state index in [1.165, 1.54) is 0 Å². The van der Waals surface area contributed by atoms with Crippen LogP contribution in [0, 0.1) is 0 Å². The maximum atomic E-state index is 11.2. The molecule has 0 spiro atoms. The van der Waals surface area contributed by atoms with E-state index in [1.54, 1.807) is 0 Å². The Morgan fingerprint density at radius 3 is 2.05 bits per heavy atom. The van der Waals surface area contributed by atoms with E-state index in [4.69, 9.17) is 23.2 Å². The summed E-state index contributed by atoms with van der Waals surface area (Å²) < 4.78 is 23.4. The number of sulfone groups is 1. The maximum Gasteiger partial charge on any atom is 0.154 e. The third-order valence-electron chi connectivity index (χ3n) is 2.39. The summed E-state index contributed by atoms with van der Waals surface area (Å²) in [5.41, 5.74) is 1.24. The van der Waals surface area contributed by atoms with E-state index in [9.17, 15) is 8.42 Å². The summed E-state index contributed by atoms with van der Waals surface area (Å²) in [6.45, 7) is 0. The van der Waals surface area contributed by atoms with Gasteiger partial charge in [-0.1, -0.05) is 51.3 Å². The van der Waals surface area contributed by atoms with Gasteiger partial charge in [0.1, 0.15) is 21.9 Å². The molecule has 0 atom stereocenters. The van der Waals surface area contributed by atoms with Crippen molar-refractivity contribution in [3.63, 3.8) is 0 Å². The first-order valence-corrected chi connectivity index (χ1v) is 9.03. The van der Waals surface area contributed by atoms with E-state index in [1.807, 2.05) is 24.3 Å². The monoisotopic (exact) mass is 394 g/mol. The Morgan fingerprint density at radius 2 is 1.60 bits per heavy atom. The minimum Gasteiger partial charge on any atom is -0.229 e. The van der Waals surface area contributed by atoms with Crippen molar-refractivity contribution >= 4 is 49.0 Å². The zero-order chi connectivity index (χ0) is 14.9. The van der Waals surface area contributed by atoms with Crippen LogP contribution in [-0.4, -0.2) is 24.6 Å². The molecule has 0 radical (unpaired) electrons. The summed E-state index contributed by atoms with van der Waals surface area (Å²) >= 11 is 15.5. The quantitative estimate of drug-likeness (QED) is 0.742. The first-order valence-electron chi connectivity index (χ1n) is 5.42. The lowest BCUT2D eigenvalue weighted by atomic mass is 10.1. The lowest BCUT2D eigenvalue weighted by Gasteiger charge is -2.08. The molecule has 0 aliphatic carbocycles. The molecule has 0 N–H and O–H groups in total. The molecule has 1 aromatic heterocycles. The average Bonchev–Trinajstić information content (AvgIpc) is 2.28.